The molecule has 0 unspecified atom stereocenters. The van der Waals surface area contributed by atoms with Crippen LogP contribution in [0.2, 0.25) is 0 Å². The first-order valence-electron chi connectivity index (χ1n) is 7.80. The van der Waals surface area contributed by atoms with Crippen molar-refractivity contribution in [3.05, 3.63) is 59.7 Å². The maximum atomic E-state index is 11.8. The summed E-state index contributed by atoms with van der Waals surface area (Å²) in [6.07, 6.45) is 0.0353. The summed E-state index contributed by atoms with van der Waals surface area (Å²) < 4.78 is 31.2. The van der Waals surface area contributed by atoms with Gasteiger partial charge < -0.3 is 10.1 Å². The molecule has 0 saturated heterocycles. The molecular weight excluding hydrogens is 324 g/mol. The van der Waals surface area contributed by atoms with Gasteiger partial charge in [0.05, 0.1) is 11.0 Å². The van der Waals surface area contributed by atoms with Crippen molar-refractivity contribution in [3.8, 4) is 0 Å². The van der Waals surface area contributed by atoms with E-state index in [1.54, 1.807) is 19.2 Å². The Morgan fingerprint density at radius 2 is 1.67 bits per heavy atom. The zero-order valence-corrected chi connectivity index (χ0v) is 15.2. The molecule has 2 N–H and O–H groups in total. The summed E-state index contributed by atoms with van der Waals surface area (Å²) in [5.74, 6) is 0. The summed E-state index contributed by atoms with van der Waals surface area (Å²) >= 11 is 0. The Hall–Kier alpha value is -1.89. The van der Waals surface area contributed by atoms with Crippen LogP contribution < -0.4 is 10.0 Å². The van der Waals surface area contributed by atoms with Gasteiger partial charge >= 0.3 is 0 Å². The summed E-state index contributed by atoms with van der Waals surface area (Å²) in [4.78, 5) is 0.261. The number of hydrogen-bond acceptors (Lipinski definition) is 4. The van der Waals surface area contributed by atoms with E-state index in [9.17, 15) is 8.42 Å². The van der Waals surface area contributed by atoms with E-state index in [-0.39, 0.29) is 17.0 Å². The topological polar surface area (TPSA) is 67.4 Å². The molecule has 6 heteroatoms. The standard InChI is InChI=1S/C18H24N2O3S/c1-13(15-8-10-18(11-9-15)24(21,22)19-3)20-17-7-5-6-16(12-17)14(2)23-4/h5-14,19-20H,1-4H3/t13-,14-/m1/s1. The summed E-state index contributed by atoms with van der Waals surface area (Å²) in [6.45, 7) is 4.04. The Morgan fingerprint density at radius 3 is 2.25 bits per heavy atom. The van der Waals surface area contributed by atoms with Crippen molar-refractivity contribution in [3.63, 3.8) is 0 Å². The Labute approximate surface area is 144 Å². The molecule has 2 atom stereocenters. The summed E-state index contributed by atoms with van der Waals surface area (Å²) in [5.41, 5.74) is 3.11. The molecule has 0 spiro atoms. The highest BCUT2D eigenvalue weighted by molar-refractivity contribution is 7.89. The lowest BCUT2D eigenvalue weighted by molar-refractivity contribution is 0.119. The van der Waals surface area contributed by atoms with Gasteiger partial charge in [-0.1, -0.05) is 24.3 Å². The van der Waals surface area contributed by atoms with Gasteiger partial charge in [-0.15, -0.1) is 0 Å². The first-order valence-corrected chi connectivity index (χ1v) is 9.28. The highest BCUT2D eigenvalue weighted by Gasteiger charge is 2.12. The van der Waals surface area contributed by atoms with Gasteiger partial charge in [0.25, 0.3) is 0 Å². The number of ether oxygens (including phenoxy) is 1. The molecule has 2 rings (SSSR count). The average molecular weight is 348 g/mol. The Balaban J connectivity index is 2.14. The van der Waals surface area contributed by atoms with Crippen LogP contribution in [0.3, 0.4) is 0 Å². The van der Waals surface area contributed by atoms with Crippen molar-refractivity contribution in [2.75, 3.05) is 19.5 Å². The second-order valence-corrected chi connectivity index (χ2v) is 7.53. The van der Waals surface area contributed by atoms with E-state index >= 15 is 0 Å². The smallest absolute Gasteiger partial charge is 0.240 e. The number of hydrogen-bond donors (Lipinski definition) is 2. The molecule has 0 aliphatic heterocycles. The molecule has 0 aliphatic rings. The van der Waals surface area contributed by atoms with Gasteiger partial charge in [-0.05, 0) is 56.3 Å². The third-order valence-corrected chi connectivity index (χ3v) is 5.48. The lowest BCUT2D eigenvalue weighted by Gasteiger charge is -2.18. The van der Waals surface area contributed by atoms with Crippen LogP contribution in [0.25, 0.3) is 0 Å². The molecule has 2 aromatic carbocycles. The highest BCUT2D eigenvalue weighted by Crippen LogP contribution is 2.24. The van der Waals surface area contributed by atoms with E-state index in [0.717, 1.165) is 16.8 Å². The van der Waals surface area contributed by atoms with Crippen LogP contribution >= 0.6 is 0 Å². The maximum absolute atomic E-state index is 11.8. The van der Waals surface area contributed by atoms with Crippen LogP contribution in [-0.2, 0) is 14.8 Å². The van der Waals surface area contributed by atoms with Crippen LogP contribution in [0.5, 0.6) is 0 Å². The monoisotopic (exact) mass is 348 g/mol. The molecule has 0 saturated carbocycles. The average Bonchev–Trinajstić information content (AvgIpc) is 2.61. The first-order chi connectivity index (χ1) is 11.4. The van der Waals surface area contributed by atoms with E-state index in [2.05, 4.69) is 16.1 Å². The molecule has 24 heavy (non-hydrogen) atoms. The molecule has 0 radical (unpaired) electrons. The zero-order chi connectivity index (χ0) is 17.7. The molecule has 0 fully saturated rings. The quantitative estimate of drug-likeness (QED) is 0.804. The lowest BCUT2D eigenvalue weighted by Crippen LogP contribution is -2.18. The second-order valence-electron chi connectivity index (χ2n) is 5.65. The van der Waals surface area contributed by atoms with Crippen LogP contribution in [0, 0.1) is 0 Å². The molecular formula is C18H24N2O3S. The first kappa shape index (κ1) is 18.4. The Morgan fingerprint density at radius 1 is 1.00 bits per heavy atom. The summed E-state index contributed by atoms with van der Waals surface area (Å²) in [6, 6.07) is 15.0. The number of anilines is 1. The van der Waals surface area contributed by atoms with Crippen molar-refractivity contribution >= 4 is 15.7 Å². The zero-order valence-electron chi connectivity index (χ0n) is 14.4. The van der Waals surface area contributed by atoms with E-state index in [1.807, 2.05) is 44.2 Å². The number of rotatable bonds is 7. The van der Waals surface area contributed by atoms with Gasteiger partial charge in [-0.25, -0.2) is 13.1 Å². The third-order valence-electron chi connectivity index (χ3n) is 4.05. The minimum absolute atomic E-state index is 0.0353. The van der Waals surface area contributed by atoms with Gasteiger partial charge in [0, 0.05) is 18.8 Å². The largest absolute Gasteiger partial charge is 0.379 e. The molecule has 0 amide bonds. The molecule has 0 aromatic heterocycles. The van der Waals surface area contributed by atoms with E-state index in [0.29, 0.717) is 0 Å². The summed E-state index contributed by atoms with van der Waals surface area (Å²) in [7, 11) is -0.309. The van der Waals surface area contributed by atoms with Crippen LogP contribution in [0.15, 0.2) is 53.4 Å². The van der Waals surface area contributed by atoms with Gasteiger partial charge in [0.1, 0.15) is 0 Å². The molecule has 0 bridgehead atoms. The second kappa shape index (κ2) is 7.79. The fourth-order valence-electron chi connectivity index (χ4n) is 2.40. The lowest BCUT2D eigenvalue weighted by atomic mass is 10.1. The van der Waals surface area contributed by atoms with E-state index in [4.69, 9.17) is 4.74 Å². The van der Waals surface area contributed by atoms with Crippen molar-refractivity contribution in [2.24, 2.45) is 0 Å². The minimum atomic E-state index is -3.40. The molecule has 5 nitrogen and oxygen atoms in total. The van der Waals surface area contributed by atoms with Crippen LogP contribution in [0.4, 0.5) is 5.69 Å². The van der Waals surface area contributed by atoms with Gasteiger partial charge in [-0.3, -0.25) is 0 Å². The normalized spacial score (nSPS) is 14.2. The predicted octanol–water partition coefficient (Wildman–Crippen LogP) is 3.48. The van der Waals surface area contributed by atoms with Gasteiger partial charge in [0.2, 0.25) is 10.0 Å². The number of methoxy groups -OCH3 is 1. The van der Waals surface area contributed by atoms with Gasteiger partial charge in [0.15, 0.2) is 0 Å². The fourth-order valence-corrected chi connectivity index (χ4v) is 3.13. The van der Waals surface area contributed by atoms with Crippen molar-refractivity contribution in [2.45, 2.75) is 30.9 Å². The Bertz CT molecular complexity index is 773. The fraction of sp³-hybridized carbons (Fsp3) is 0.333. The SMILES string of the molecule is CNS(=O)(=O)c1ccc([C@@H](C)Nc2cccc([C@@H](C)OC)c2)cc1. The van der Waals surface area contributed by atoms with Crippen LogP contribution in [0.1, 0.15) is 37.1 Å². The van der Waals surface area contributed by atoms with Crippen molar-refractivity contribution in [1.82, 2.24) is 4.72 Å². The maximum Gasteiger partial charge on any atom is 0.240 e. The Kier molecular flexibility index (Phi) is 5.99. The van der Waals surface area contributed by atoms with Crippen molar-refractivity contribution < 1.29 is 13.2 Å². The number of benzene rings is 2. The molecule has 2 aromatic rings. The minimum Gasteiger partial charge on any atom is -0.379 e. The summed E-state index contributed by atoms with van der Waals surface area (Å²) in [5, 5.41) is 3.43. The van der Waals surface area contributed by atoms with Gasteiger partial charge in [-0.2, -0.15) is 0 Å². The third kappa shape index (κ3) is 4.35. The number of sulfonamides is 1. The molecule has 0 aliphatic carbocycles. The van der Waals surface area contributed by atoms with E-state index in [1.165, 1.54) is 7.05 Å². The highest BCUT2D eigenvalue weighted by atomic mass is 32.2. The molecule has 130 valence electrons. The van der Waals surface area contributed by atoms with Crippen molar-refractivity contribution in [1.29, 1.82) is 0 Å². The molecule has 0 heterocycles. The van der Waals surface area contributed by atoms with Crippen LogP contribution in [-0.4, -0.2) is 22.6 Å². The predicted molar refractivity (Wildman–Crippen MR) is 96.6 cm³/mol. The van der Waals surface area contributed by atoms with E-state index < -0.39 is 10.0 Å². The number of nitrogens with one attached hydrogen (secondary N) is 2.